The number of aryl methyl sites for hydroxylation is 2. The molecule has 0 bridgehead atoms. The molecule has 2 aromatic heterocycles. The number of thiophene rings is 1. The van der Waals surface area contributed by atoms with Crippen LogP contribution in [0, 0.1) is 13.8 Å². The maximum absolute atomic E-state index is 12.7. The van der Waals surface area contributed by atoms with Crippen LogP contribution in [-0.2, 0) is 16.6 Å². The molecule has 1 atom stereocenters. The Bertz CT molecular complexity index is 768. The molecule has 1 saturated heterocycles. The zero-order chi connectivity index (χ0) is 17.2. The lowest BCUT2D eigenvalue weighted by molar-refractivity contribution is 0.257. The molecule has 0 spiro atoms. The topological polar surface area (TPSA) is 78.1 Å². The van der Waals surface area contributed by atoms with Gasteiger partial charge in [0.25, 0.3) is 0 Å². The average Bonchev–Trinajstić information content (AvgIpc) is 3.06. The second-order valence-corrected chi connectivity index (χ2v) is 9.55. The summed E-state index contributed by atoms with van der Waals surface area (Å²) in [6.45, 7) is 6.28. The molecule has 24 heavy (non-hydrogen) atoms. The van der Waals surface area contributed by atoms with Crippen LogP contribution in [-0.4, -0.2) is 42.4 Å². The van der Waals surface area contributed by atoms with Gasteiger partial charge in [-0.2, -0.15) is 0 Å². The maximum Gasteiger partial charge on any atom is 0.241 e. The molecule has 0 aliphatic carbocycles. The zero-order valence-electron chi connectivity index (χ0n) is 14.1. The van der Waals surface area contributed by atoms with Crippen molar-refractivity contribution in [3.63, 3.8) is 0 Å². The Morgan fingerprint density at radius 1 is 1.42 bits per heavy atom. The van der Waals surface area contributed by atoms with E-state index in [4.69, 9.17) is 0 Å². The molecule has 2 aromatic rings. The molecule has 0 amide bonds. The van der Waals surface area contributed by atoms with Crippen LogP contribution in [0.1, 0.15) is 34.7 Å². The highest BCUT2D eigenvalue weighted by Crippen LogP contribution is 2.25. The number of aromatic nitrogens is 2. The minimum atomic E-state index is -3.46. The molecule has 3 heterocycles. The first-order valence-electron chi connectivity index (χ1n) is 8.23. The third-order valence-corrected chi connectivity index (χ3v) is 7.05. The van der Waals surface area contributed by atoms with Crippen LogP contribution in [0.5, 0.6) is 0 Å². The van der Waals surface area contributed by atoms with Crippen LogP contribution in [0.2, 0.25) is 0 Å². The lowest BCUT2D eigenvalue weighted by Crippen LogP contribution is -2.42. The van der Waals surface area contributed by atoms with Gasteiger partial charge in [0, 0.05) is 40.8 Å². The molecule has 132 valence electrons. The normalized spacial score (nSPS) is 20.2. The molecule has 1 aliphatic rings. The third kappa shape index (κ3) is 4.24. The summed E-state index contributed by atoms with van der Waals surface area (Å²) in [6.07, 6.45) is 6.49. The standard InChI is InChI=1S/C16H24N4O2S2/c1-12-7-16(13(2)23-12)24(21,22)19-14-5-3-4-6-20(9-14)10-15-8-17-11-18-15/h7-8,11,14,19H,3-6,9-10H2,1-2H3,(H,17,18). The van der Waals surface area contributed by atoms with Gasteiger partial charge in [0.05, 0.1) is 11.2 Å². The third-order valence-electron chi connectivity index (χ3n) is 4.31. The second-order valence-electron chi connectivity index (χ2n) is 6.40. The summed E-state index contributed by atoms with van der Waals surface area (Å²) >= 11 is 1.52. The largest absolute Gasteiger partial charge is 0.347 e. The Balaban J connectivity index is 1.69. The summed E-state index contributed by atoms with van der Waals surface area (Å²) in [5.74, 6) is 0. The molecule has 3 rings (SSSR count). The Hall–Kier alpha value is -1.22. The van der Waals surface area contributed by atoms with Crippen LogP contribution >= 0.6 is 11.3 Å². The van der Waals surface area contributed by atoms with Crippen LogP contribution in [0.3, 0.4) is 0 Å². The zero-order valence-corrected chi connectivity index (χ0v) is 15.7. The lowest BCUT2D eigenvalue weighted by Gasteiger charge is -2.24. The van der Waals surface area contributed by atoms with Gasteiger partial charge in [-0.25, -0.2) is 18.1 Å². The minimum absolute atomic E-state index is 0.0555. The van der Waals surface area contributed by atoms with Crippen molar-refractivity contribution in [1.29, 1.82) is 0 Å². The van der Waals surface area contributed by atoms with E-state index in [0.717, 1.165) is 54.3 Å². The van der Waals surface area contributed by atoms with Gasteiger partial charge in [0.2, 0.25) is 10.0 Å². The van der Waals surface area contributed by atoms with Crippen LogP contribution in [0.4, 0.5) is 0 Å². The highest BCUT2D eigenvalue weighted by Gasteiger charge is 2.26. The Labute approximate surface area is 147 Å². The summed E-state index contributed by atoms with van der Waals surface area (Å²) in [5.41, 5.74) is 1.06. The molecular weight excluding hydrogens is 344 g/mol. The molecule has 0 aromatic carbocycles. The molecule has 8 heteroatoms. The number of aromatic amines is 1. The van der Waals surface area contributed by atoms with Crippen molar-refractivity contribution in [2.45, 2.75) is 50.6 Å². The van der Waals surface area contributed by atoms with Crippen LogP contribution < -0.4 is 4.72 Å². The molecule has 1 aliphatic heterocycles. The summed E-state index contributed by atoms with van der Waals surface area (Å²) in [6, 6.07) is 1.71. The van der Waals surface area contributed by atoms with E-state index in [1.54, 1.807) is 12.4 Å². The second kappa shape index (κ2) is 7.35. The van der Waals surface area contributed by atoms with Gasteiger partial charge in [-0.1, -0.05) is 6.42 Å². The smallest absolute Gasteiger partial charge is 0.241 e. The first-order valence-corrected chi connectivity index (χ1v) is 10.5. The van der Waals surface area contributed by atoms with Crippen molar-refractivity contribution in [2.75, 3.05) is 13.1 Å². The fraction of sp³-hybridized carbons (Fsp3) is 0.562. The molecular formula is C16H24N4O2S2. The van der Waals surface area contributed by atoms with E-state index in [0.29, 0.717) is 4.90 Å². The fourth-order valence-electron chi connectivity index (χ4n) is 3.23. The van der Waals surface area contributed by atoms with Gasteiger partial charge in [-0.3, -0.25) is 4.90 Å². The Morgan fingerprint density at radius 2 is 2.25 bits per heavy atom. The number of nitrogens with zero attached hydrogens (tertiary/aromatic N) is 2. The Morgan fingerprint density at radius 3 is 2.92 bits per heavy atom. The summed E-state index contributed by atoms with van der Waals surface area (Å²) in [4.78, 5) is 11.8. The van der Waals surface area contributed by atoms with Gasteiger partial charge in [-0.15, -0.1) is 11.3 Å². The van der Waals surface area contributed by atoms with E-state index in [-0.39, 0.29) is 6.04 Å². The minimum Gasteiger partial charge on any atom is -0.347 e. The van der Waals surface area contributed by atoms with Crippen LogP contribution in [0.25, 0.3) is 0 Å². The highest BCUT2D eigenvalue weighted by molar-refractivity contribution is 7.89. The summed E-state index contributed by atoms with van der Waals surface area (Å²) in [5, 5.41) is 0. The number of hydrogen-bond acceptors (Lipinski definition) is 5. The van der Waals surface area contributed by atoms with E-state index in [2.05, 4.69) is 19.6 Å². The van der Waals surface area contributed by atoms with Gasteiger partial charge in [0.15, 0.2) is 0 Å². The van der Waals surface area contributed by atoms with E-state index < -0.39 is 10.0 Å². The fourth-order valence-corrected chi connectivity index (χ4v) is 6.05. The van der Waals surface area contributed by atoms with Gasteiger partial charge in [-0.05, 0) is 39.3 Å². The predicted molar refractivity (Wildman–Crippen MR) is 95.6 cm³/mol. The molecule has 1 fully saturated rings. The summed E-state index contributed by atoms with van der Waals surface area (Å²) < 4.78 is 28.4. The number of imidazole rings is 1. The van der Waals surface area contributed by atoms with Gasteiger partial charge < -0.3 is 4.98 Å². The van der Waals surface area contributed by atoms with E-state index in [1.165, 1.54) is 11.3 Å². The maximum atomic E-state index is 12.7. The first-order chi connectivity index (χ1) is 11.4. The van der Waals surface area contributed by atoms with Crippen molar-refractivity contribution in [3.8, 4) is 0 Å². The van der Waals surface area contributed by atoms with Crippen molar-refractivity contribution < 1.29 is 8.42 Å². The number of likely N-dealkylation sites (tertiary alicyclic amines) is 1. The molecule has 0 radical (unpaired) electrons. The van der Waals surface area contributed by atoms with Gasteiger partial charge in [0.1, 0.15) is 0 Å². The van der Waals surface area contributed by atoms with Crippen molar-refractivity contribution in [3.05, 3.63) is 34.0 Å². The SMILES string of the molecule is Cc1cc(S(=O)(=O)NC2CCCCN(Cc3cnc[nH]3)C2)c(C)s1. The van der Waals surface area contributed by atoms with Gasteiger partial charge >= 0.3 is 0 Å². The van der Waals surface area contributed by atoms with E-state index in [9.17, 15) is 8.42 Å². The molecule has 6 nitrogen and oxygen atoms in total. The van der Waals surface area contributed by atoms with E-state index >= 15 is 0 Å². The van der Waals surface area contributed by atoms with Crippen molar-refractivity contribution >= 4 is 21.4 Å². The molecule has 0 saturated carbocycles. The lowest BCUT2D eigenvalue weighted by atomic mass is 10.2. The van der Waals surface area contributed by atoms with Crippen molar-refractivity contribution in [1.82, 2.24) is 19.6 Å². The van der Waals surface area contributed by atoms with E-state index in [1.807, 2.05) is 20.0 Å². The number of rotatable bonds is 5. The predicted octanol–water partition coefficient (Wildman–Crippen LogP) is 2.42. The Kier molecular flexibility index (Phi) is 5.39. The molecule has 2 N–H and O–H groups in total. The number of nitrogens with one attached hydrogen (secondary N) is 2. The molecule has 1 unspecified atom stereocenters. The first kappa shape index (κ1) is 17.6. The average molecular weight is 369 g/mol. The van der Waals surface area contributed by atoms with Crippen molar-refractivity contribution in [2.24, 2.45) is 0 Å². The highest BCUT2D eigenvalue weighted by atomic mass is 32.2. The number of sulfonamides is 1. The van der Waals surface area contributed by atoms with Crippen LogP contribution in [0.15, 0.2) is 23.5 Å². The number of H-pyrrole nitrogens is 1. The monoisotopic (exact) mass is 368 g/mol. The summed E-state index contributed by atoms with van der Waals surface area (Å²) in [7, 11) is -3.46. The quantitative estimate of drug-likeness (QED) is 0.850. The number of hydrogen-bond donors (Lipinski definition) is 2.